The zero-order chi connectivity index (χ0) is 11.1. The molecule has 3 rings (SSSR count). The molecule has 3 heteroatoms. The highest BCUT2D eigenvalue weighted by Gasteiger charge is 2.29. The Balaban J connectivity index is 2.13. The van der Waals surface area contributed by atoms with Crippen LogP contribution in [0.15, 0.2) is 24.4 Å². The topological polar surface area (TPSA) is 43.3 Å². The fraction of sp³-hybridized carbons (Fsp3) is 0.462. The molecule has 0 aliphatic heterocycles. The van der Waals surface area contributed by atoms with Gasteiger partial charge in [-0.05, 0) is 31.9 Å². The molecule has 0 radical (unpaired) electrons. The van der Waals surface area contributed by atoms with E-state index >= 15 is 0 Å². The van der Waals surface area contributed by atoms with Gasteiger partial charge in [0, 0.05) is 24.6 Å². The maximum atomic E-state index is 5.87. The Bertz CT molecular complexity index is 509. The molecule has 1 aliphatic rings. The minimum absolute atomic E-state index is 0.172. The lowest BCUT2D eigenvalue weighted by Crippen LogP contribution is -2.18. The van der Waals surface area contributed by atoms with Crippen LogP contribution in [-0.4, -0.2) is 15.4 Å². The molecule has 1 atom stereocenters. The van der Waals surface area contributed by atoms with Crippen molar-refractivity contribution in [3.63, 3.8) is 0 Å². The Kier molecular flexibility index (Phi) is 2.21. The molecule has 16 heavy (non-hydrogen) atoms. The Morgan fingerprint density at radius 3 is 3.00 bits per heavy atom. The first-order valence-corrected chi connectivity index (χ1v) is 5.97. The third-order valence-corrected chi connectivity index (χ3v) is 3.11. The van der Waals surface area contributed by atoms with E-state index in [4.69, 9.17) is 10.7 Å². The van der Waals surface area contributed by atoms with Crippen molar-refractivity contribution in [2.45, 2.75) is 38.1 Å². The Labute approximate surface area is 95.3 Å². The van der Waals surface area contributed by atoms with E-state index in [-0.39, 0.29) is 6.04 Å². The van der Waals surface area contributed by atoms with Crippen LogP contribution in [0.3, 0.4) is 0 Å². The average molecular weight is 215 g/mol. The van der Waals surface area contributed by atoms with Crippen molar-refractivity contribution in [3.8, 4) is 0 Å². The van der Waals surface area contributed by atoms with Gasteiger partial charge in [0.05, 0.1) is 11.2 Å². The molecule has 1 fully saturated rings. The van der Waals surface area contributed by atoms with Crippen molar-refractivity contribution >= 4 is 5.52 Å². The zero-order valence-electron chi connectivity index (χ0n) is 9.56. The third-order valence-electron chi connectivity index (χ3n) is 3.11. The summed E-state index contributed by atoms with van der Waals surface area (Å²) in [5.41, 5.74) is 8.24. The molecule has 2 N–H and O–H groups in total. The summed E-state index contributed by atoms with van der Waals surface area (Å²) in [6, 6.07) is 6.44. The highest BCUT2D eigenvalue weighted by atomic mass is 15.0. The van der Waals surface area contributed by atoms with Crippen molar-refractivity contribution in [2.75, 3.05) is 0 Å². The largest absolute Gasteiger partial charge is 0.328 e. The highest BCUT2D eigenvalue weighted by Crippen LogP contribution is 2.40. The van der Waals surface area contributed by atoms with Gasteiger partial charge in [-0.1, -0.05) is 6.07 Å². The third kappa shape index (κ3) is 1.61. The van der Waals surface area contributed by atoms with Crippen LogP contribution in [0.25, 0.3) is 5.52 Å². The molecule has 1 unspecified atom stereocenters. The van der Waals surface area contributed by atoms with Gasteiger partial charge in [0.25, 0.3) is 0 Å². The van der Waals surface area contributed by atoms with E-state index in [1.165, 1.54) is 24.2 Å². The van der Waals surface area contributed by atoms with E-state index in [2.05, 4.69) is 28.8 Å². The molecule has 84 valence electrons. The summed E-state index contributed by atoms with van der Waals surface area (Å²) in [4.78, 5) is 4.77. The van der Waals surface area contributed by atoms with Crippen molar-refractivity contribution in [1.29, 1.82) is 0 Å². The summed E-state index contributed by atoms with van der Waals surface area (Å²) in [5, 5.41) is 0. The number of nitrogens with zero attached hydrogens (tertiary/aromatic N) is 2. The fourth-order valence-corrected chi connectivity index (χ4v) is 2.21. The van der Waals surface area contributed by atoms with Crippen LogP contribution in [0, 0.1) is 0 Å². The summed E-state index contributed by atoms with van der Waals surface area (Å²) in [7, 11) is 0. The van der Waals surface area contributed by atoms with Gasteiger partial charge in [0.2, 0.25) is 0 Å². The van der Waals surface area contributed by atoms with Gasteiger partial charge < -0.3 is 10.1 Å². The van der Waals surface area contributed by atoms with Crippen LogP contribution >= 0.6 is 0 Å². The number of pyridine rings is 1. The number of fused-ring (bicyclic) bond motifs is 1. The van der Waals surface area contributed by atoms with E-state index in [0.717, 1.165) is 12.1 Å². The van der Waals surface area contributed by atoms with Crippen molar-refractivity contribution < 1.29 is 0 Å². The first-order valence-electron chi connectivity index (χ1n) is 5.97. The summed E-state index contributed by atoms with van der Waals surface area (Å²) < 4.78 is 2.23. The van der Waals surface area contributed by atoms with Gasteiger partial charge in [0.1, 0.15) is 5.82 Å². The number of rotatable bonds is 3. The quantitative estimate of drug-likeness (QED) is 0.852. The zero-order valence-corrected chi connectivity index (χ0v) is 9.56. The molecule has 0 bridgehead atoms. The SMILES string of the molecule is CC(N)Cc1nc(C2CC2)n2ccccc12. The van der Waals surface area contributed by atoms with Gasteiger partial charge in [-0.3, -0.25) is 0 Å². The second kappa shape index (κ2) is 3.59. The van der Waals surface area contributed by atoms with Crippen LogP contribution < -0.4 is 5.73 Å². The van der Waals surface area contributed by atoms with Crippen molar-refractivity contribution in [1.82, 2.24) is 9.38 Å². The van der Waals surface area contributed by atoms with Crippen molar-refractivity contribution in [2.24, 2.45) is 5.73 Å². The number of hydrogen-bond donors (Lipinski definition) is 1. The highest BCUT2D eigenvalue weighted by molar-refractivity contribution is 5.54. The molecule has 3 nitrogen and oxygen atoms in total. The maximum Gasteiger partial charge on any atom is 0.116 e. The molecular weight excluding hydrogens is 198 g/mol. The smallest absolute Gasteiger partial charge is 0.116 e. The van der Waals surface area contributed by atoms with Crippen LogP contribution in [0.5, 0.6) is 0 Å². The predicted octanol–water partition coefficient (Wildman–Crippen LogP) is 2.10. The van der Waals surface area contributed by atoms with Crippen LogP contribution in [-0.2, 0) is 6.42 Å². The minimum atomic E-state index is 0.172. The molecule has 2 aromatic rings. The monoisotopic (exact) mass is 215 g/mol. The van der Waals surface area contributed by atoms with Crippen LogP contribution in [0.2, 0.25) is 0 Å². The van der Waals surface area contributed by atoms with Gasteiger partial charge >= 0.3 is 0 Å². The number of aromatic nitrogens is 2. The van der Waals surface area contributed by atoms with Crippen molar-refractivity contribution in [3.05, 3.63) is 35.9 Å². The standard InChI is InChI=1S/C13H17N3/c1-9(14)8-11-12-4-2-3-7-16(12)13(15-11)10-5-6-10/h2-4,7,9-10H,5-6,8,14H2,1H3. The van der Waals surface area contributed by atoms with Gasteiger partial charge in [0.15, 0.2) is 0 Å². The summed E-state index contributed by atoms with van der Waals surface area (Å²) in [5.74, 6) is 1.91. The summed E-state index contributed by atoms with van der Waals surface area (Å²) in [6.07, 6.45) is 5.54. The fourth-order valence-electron chi connectivity index (χ4n) is 2.21. The molecule has 0 amide bonds. The molecule has 0 spiro atoms. The Hall–Kier alpha value is -1.35. The minimum Gasteiger partial charge on any atom is -0.328 e. The number of imidazole rings is 1. The Morgan fingerprint density at radius 2 is 2.31 bits per heavy atom. The first kappa shape index (κ1) is 9.85. The van der Waals surface area contributed by atoms with E-state index < -0.39 is 0 Å². The number of nitrogens with two attached hydrogens (primary N) is 1. The summed E-state index contributed by atoms with van der Waals surface area (Å²) in [6.45, 7) is 2.03. The molecule has 0 aromatic carbocycles. The normalized spacial score (nSPS) is 17.9. The lowest BCUT2D eigenvalue weighted by atomic mass is 10.2. The number of hydrogen-bond acceptors (Lipinski definition) is 2. The molecule has 0 saturated heterocycles. The lowest BCUT2D eigenvalue weighted by molar-refractivity contribution is 0.726. The van der Waals surface area contributed by atoms with E-state index in [1.54, 1.807) is 0 Å². The average Bonchev–Trinajstić information content (AvgIpc) is 3.03. The Morgan fingerprint density at radius 1 is 1.50 bits per heavy atom. The predicted molar refractivity (Wildman–Crippen MR) is 64.5 cm³/mol. The van der Waals surface area contributed by atoms with E-state index in [0.29, 0.717) is 5.92 Å². The van der Waals surface area contributed by atoms with Gasteiger partial charge in [-0.25, -0.2) is 4.98 Å². The summed E-state index contributed by atoms with van der Waals surface area (Å²) >= 11 is 0. The van der Waals surface area contributed by atoms with Gasteiger partial charge in [-0.15, -0.1) is 0 Å². The second-order valence-electron chi connectivity index (χ2n) is 4.83. The van der Waals surface area contributed by atoms with Gasteiger partial charge in [-0.2, -0.15) is 0 Å². The molecule has 2 aromatic heterocycles. The van der Waals surface area contributed by atoms with E-state index in [9.17, 15) is 0 Å². The van der Waals surface area contributed by atoms with Crippen LogP contribution in [0.4, 0.5) is 0 Å². The van der Waals surface area contributed by atoms with E-state index in [1.807, 2.05) is 6.92 Å². The molecular formula is C13H17N3. The molecule has 1 saturated carbocycles. The maximum absolute atomic E-state index is 5.87. The van der Waals surface area contributed by atoms with Crippen LogP contribution in [0.1, 0.15) is 37.2 Å². The first-order chi connectivity index (χ1) is 7.75. The molecule has 1 aliphatic carbocycles. The lowest BCUT2D eigenvalue weighted by Gasteiger charge is -2.01. The molecule has 2 heterocycles. The second-order valence-corrected chi connectivity index (χ2v) is 4.83.